The molecule has 1 heterocycles. The topological polar surface area (TPSA) is 26.0 Å². The number of thiophene rings is 1. The molecule has 0 saturated carbocycles. The number of halogens is 2. The van der Waals surface area contributed by atoms with Crippen LogP contribution < -0.4 is 5.73 Å². The Kier molecular flexibility index (Phi) is 4.68. The second-order valence-corrected chi connectivity index (χ2v) is 6.55. The van der Waals surface area contributed by atoms with Gasteiger partial charge in [0.15, 0.2) is 0 Å². The van der Waals surface area contributed by atoms with Crippen molar-refractivity contribution < 1.29 is 0 Å². The quantitative estimate of drug-likeness (QED) is 0.857. The summed E-state index contributed by atoms with van der Waals surface area (Å²) in [5.41, 5.74) is 9.67. The van der Waals surface area contributed by atoms with Gasteiger partial charge < -0.3 is 5.73 Å². The monoisotopic (exact) mass is 299 g/mol. The van der Waals surface area contributed by atoms with Crippen LogP contribution in [0.15, 0.2) is 30.3 Å². The van der Waals surface area contributed by atoms with Gasteiger partial charge >= 0.3 is 0 Å². The van der Waals surface area contributed by atoms with Gasteiger partial charge in [0.25, 0.3) is 0 Å². The molecule has 0 amide bonds. The first-order chi connectivity index (χ1) is 8.60. The molecule has 18 heavy (non-hydrogen) atoms. The molecule has 1 aromatic carbocycles. The molecule has 2 aromatic rings. The first-order valence-electron chi connectivity index (χ1n) is 5.88. The van der Waals surface area contributed by atoms with E-state index in [0.717, 1.165) is 18.4 Å². The highest BCUT2D eigenvalue weighted by atomic mass is 35.5. The third kappa shape index (κ3) is 3.27. The normalized spacial score (nSPS) is 12.7. The van der Waals surface area contributed by atoms with E-state index >= 15 is 0 Å². The standard InChI is InChI=1S/C14H15Cl2NS/c1-2-9-3-5-10(6-4-9)7-12(17)11-8-13(15)18-14(11)16/h3-6,8,12H,2,7,17H2,1H3. The molecule has 0 aliphatic rings. The summed E-state index contributed by atoms with van der Waals surface area (Å²) in [5, 5.41) is 0. The van der Waals surface area contributed by atoms with Gasteiger partial charge in [-0.25, -0.2) is 0 Å². The lowest BCUT2D eigenvalue weighted by atomic mass is 10.0. The molecule has 1 unspecified atom stereocenters. The molecule has 2 N–H and O–H groups in total. The zero-order chi connectivity index (χ0) is 13.1. The van der Waals surface area contributed by atoms with Crippen molar-refractivity contribution in [3.63, 3.8) is 0 Å². The minimum Gasteiger partial charge on any atom is -0.324 e. The number of hydrogen-bond donors (Lipinski definition) is 1. The molecule has 0 fully saturated rings. The minimum atomic E-state index is -0.103. The molecule has 96 valence electrons. The summed E-state index contributed by atoms with van der Waals surface area (Å²) >= 11 is 13.4. The molecule has 0 bridgehead atoms. The molecular formula is C14H15Cl2NS. The molecule has 0 aliphatic carbocycles. The van der Waals surface area contributed by atoms with E-state index in [1.165, 1.54) is 22.5 Å². The fourth-order valence-electron chi connectivity index (χ4n) is 1.88. The fraction of sp³-hybridized carbons (Fsp3) is 0.286. The third-order valence-electron chi connectivity index (χ3n) is 2.97. The van der Waals surface area contributed by atoms with Crippen LogP contribution in [0.25, 0.3) is 0 Å². The van der Waals surface area contributed by atoms with Crippen molar-refractivity contribution in [3.8, 4) is 0 Å². The molecular weight excluding hydrogens is 285 g/mol. The van der Waals surface area contributed by atoms with E-state index in [1.807, 2.05) is 6.07 Å². The summed E-state index contributed by atoms with van der Waals surface area (Å²) in [5.74, 6) is 0. The van der Waals surface area contributed by atoms with Crippen LogP contribution in [0.2, 0.25) is 8.67 Å². The second-order valence-electron chi connectivity index (χ2n) is 4.26. The summed E-state index contributed by atoms with van der Waals surface area (Å²) in [6, 6.07) is 10.3. The van der Waals surface area contributed by atoms with E-state index in [2.05, 4.69) is 31.2 Å². The highest BCUT2D eigenvalue weighted by Gasteiger charge is 2.14. The van der Waals surface area contributed by atoms with Crippen molar-refractivity contribution >= 4 is 34.5 Å². The van der Waals surface area contributed by atoms with Crippen LogP contribution in [0.3, 0.4) is 0 Å². The zero-order valence-corrected chi connectivity index (χ0v) is 12.4. The van der Waals surface area contributed by atoms with Crippen molar-refractivity contribution in [2.75, 3.05) is 0 Å². The average Bonchev–Trinajstić information content (AvgIpc) is 2.69. The first-order valence-corrected chi connectivity index (χ1v) is 7.45. The smallest absolute Gasteiger partial charge is 0.0992 e. The van der Waals surface area contributed by atoms with E-state index in [0.29, 0.717) is 8.67 Å². The predicted octanol–water partition coefficient (Wildman–Crippen LogP) is 4.86. The molecule has 4 heteroatoms. The Labute approximate surface area is 122 Å². The highest BCUT2D eigenvalue weighted by Crippen LogP contribution is 2.35. The third-order valence-corrected chi connectivity index (χ3v) is 4.49. The largest absolute Gasteiger partial charge is 0.324 e. The van der Waals surface area contributed by atoms with Gasteiger partial charge in [-0.1, -0.05) is 54.4 Å². The summed E-state index contributed by atoms with van der Waals surface area (Å²) < 4.78 is 1.38. The van der Waals surface area contributed by atoms with Crippen molar-refractivity contribution in [1.82, 2.24) is 0 Å². The number of hydrogen-bond acceptors (Lipinski definition) is 2. The van der Waals surface area contributed by atoms with Gasteiger partial charge in [0, 0.05) is 11.6 Å². The maximum Gasteiger partial charge on any atom is 0.0992 e. The van der Waals surface area contributed by atoms with E-state index < -0.39 is 0 Å². The van der Waals surface area contributed by atoms with Crippen LogP contribution >= 0.6 is 34.5 Å². The van der Waals surface area contributed by atoms with Crippen molar-refractivity contribution in [2.45, 2.75) is 25.8 Å². The van der Waals surface area contributed by atoms with Gasteiger partial charge in [0.05, 0.1) is 8.67 Å². The fourth-order valence-corrected chi connectivity index (χ4v) is 3.48. The van der Waals surface area contributed by atoms with Crippen molar-refractivity contribution in [1.29, 1.82) is 0 Å². The SMILES string of the molecule is CCc1ccc(CC(N)c2cc(Cl)sc2Cl)cc1. The van der Waals surface area contributed by atoms with Crippen molar-refractivity contribution in [3.05, 3.63) is 55.7 Å². The lowest BCUT2D eigenvalue weighted by molar-refractivity contribution is 0.725. The second kappa shape index (κ2) is 6.07. The molecule has 0 radical (unpaired) electrons. The molecule has 2 rings (SSSR count). The number of aryl methyl sites for hydroxylation is 1. The van der Waals surface area contributed by atoms with E-state index in [9.17, 15) is 0 Å². The van der Waals surface area contributed by atoms with Gasteiger partial charge in [-0.3, -0.25) is 0 Å². The number of nitrogens with two attached hydrogens (primary N) is 1. The Bertz CT molecular complexity index is 519. The summed E-state index contributed by atoms with van der Waals surface area (Å²) in [6.45, 7) is 2.15. The Morgan fingerprint density at radius 3 is 2.28 bits per heavy atom. The zero-order valence-electron chi connectivity index (χ0n) is 10.1. The van der Waals surface area contributed by atoms with Gasteiger partial charge in [0.1, 0.15) is 0 Å². The summed E-state index contributed by atoms with van der Waals surface area (Å²) in [7, 11) is 0. The number of rotatable bonds is 4. The maximum atomic E-state index is 6.18. The molecule has 0 aliphatic heterocycles. The summed E-state index contributed by atoms with van der Waals surface area (Å²) in [4.78, 5) is 0. The van der Waals surface area contributed by atoms with Crippen LogP contribution in [0.5, 0.6) is 0 Å². The average molecular weight is 300 g/mol. The Hall–Kier alpha value is -0.540. The predicted molar refractivity (Wildman–Crippen MR) is 80.8 cm³/mol. The summed E-state index contributed by atoms with van der Waals surface area (Å²) in [6.07, 6.45) is 1.83. The minimum absolute atomic E-state index is 0.103. The molecule has 0 spiro atoms. The number of benzene rings is 1. The van der Waals surface area contributed by atoms with Crippen LogP contribution in [-0.2, 0) is 12.8 Å². The van der Waals surface area contributed by atoms with E-state index in [1.54, 1.807) is 0 Å². The van der Waals surface area contributed by atoms with Gasteiger partial charge in [-0.2, -0.15) is 0 Å². The lowest BCUT2D eigenvalue weighted by Crippen LogP contribution is -2.12. The maximum absolute atomic E-state index is 6.18. The highest BCUT2D eigenvalue weighted by molar-refractivity contribution is 7.20. The van der Waals surface area contributed by atoms with Gasteiger partial charge in [0.2, 0.25) is 0 Å². The van der Waals surface area contributed by atoms with E-state index in [4.69, 9.17) is 28.9 Å². The van der Waals surface area contributed by atoms with Crippen LogP contribution in [0.1, 0.15) is 29.7 Å². The van der Waals surface area contributed by atoms with Crippen LogP contribution in [0.4, 0.5) is 0 Å². The molecule has 0 saturated heterocycles. The van der Waals surface area contributed by atoms with E-state index in [-0.39, 0.29) is 6.04 Å². The van der Waals surface area contributed by atoms with Gasteiger partial charge in [-0.15, -0.1) is 11.3 Å². The molecule has 1 nitrogen and oxygen atoms in total. The Morgan fingerprint density at radius 2 is 1.78 bits per heavy atom. The Balaban J connectivity index is 2.10. The van der Waals surface area contributed by atoms with Crippen LogP contribution in [0, 0.1) is 0 Å². The molecule has 1 atom stereocenters. The lowest BCUT2D eigenvalue weighted by Gasteiger charge is -2.11. The first kappa shape index (κ1) is 13.9. The molecule has 1 aromatic heterocycles. The van der Waals surface area contributed by atoms with Crippen LogP contribution in [-0.4, -0.2) is 0 Å². The van der Waals surface area contributed by atoms with Crippen molar-refractivity contribution in [2.24, 2.45) is 5.73 Å². The Morgan fingerprint density at radius 1 is 1.17 bits per heavy atom. The van der Waals surface area contributed by atoms with Gasteiger partial charge in [-0.05, 0) is 30.0 Å².